The summed E-state index contributed by atoms with van der Waals surface area (Å²) in [6, 6.07) is 9.04. The summed E-state index contributed by atoms with van der Waals surface area (Å²) in [5, 5.41) is 2.60. The molecule has 0 unspecified atom stereocenters. The van der Waals surface area contributed by atoms with Gasteiger partial charge in [-0.3, -0.25) is 0 Å². The van der Waals surface area contributed by atoms with Crippen LogP contribution in [0.3, 0.4) is 0 Å². The Kier molecular flexibility index (Phi) is 6.78. The van der Waals surface area contributed by atoms with Crippen molar-refractivity contribution >= 4 is 27.6 Å². The standard InChI is InChI=1S/C17H17BrF3N3O3/c1-25-14-8-10(7-11(18)15(14)26-2)9-23-16(22)24-12-5-3-4-6-13(12)27-17(19,20)21/h3-8H,9H2,1-2H3,(H3,22,23,24). The van der Waals surface area contributed by atoms with E-state index in [1.54, 1.807) is 18.2 Å². The average Bonchev–Trinajstić information content (AvgIpc) is 2.60. The van der Waals surface area contributed by atoms with Crippen molar-refractivity contribution in [3.8, 4) is 17.2 Å². The third kappa shape index (κ3) is 5.95. The molecule has 0 saturated heterocycles. The van der Waals surface area contributed by atoms with Gasteiger partial charge in [0.1, 0.15) is 0 Å². The molecule has 0 heterocycles. The van der Waals surface area contributed by atoms with Crippen molar-refractivity contribution in [2.75, 3.05) is 19.5 Å². The Balaban J connectivity index is 2.15. The van der Waals surface area contributed by atoms with Crippen LogP contribution in [0.1, 0.15) is 5.56 Å². The minimum atomic E-state index is -4.81. The normalized spacial score (nSPS) is 11.9. The topological polar surface area (TPSA) is 78.1 Å². The van der Waals surface area contributed by atoms with Crippen molar-refractivity contribution in [1.29, 1.82) is 0 Å². The van der Waals surface area contributed by atoms with Crippen molar-refractivity contribution in [2.45, 2.75) is 12.9 Å². The van der Waals surface area contributed by atoms with Crippen molar-refractivity contribution in [1.82, 2.24) is 0 Å². The van der Waals surface area contributed by atoms with Gasteiger partial charge in [-0.1, -0.05) is 12.1 Å². The molecule has 0 saturated carbocycles. The number of anilines is 1. The monoisotopic (exact) mass is 447 g/mol. The Hall–Kier alpha value is -2.62. The summed E-state index contributed by atoms with van der Waals surface area (Å²) < 4.78 is 52.5. The number of alkyl halides is 3. The number of nitrogens with two attached hydrogens (primary N) is 1. The maximum atomic E-state index is 12.5. The fraction of sp³-hybridized carbons (Fsp3) is 0.235. The number of aliphatic imine (C=N–C) groups is 1. The van der Waals surface area contributed by atoms with Gasteiger partial charge in [0.15, 0.2) is 23.2 Å². The molecule has 2 aromatic carbocycles. The van der Waals surface area contributed by atoms with Crippen LogP contribution in [0.15, 0.2) is 45.9 Å². The molecule has 0 aliphatic carbocycles. The lowest BCUT2D eigenvalue weighted by molar-refractivity contribution is -0.274. The molecule has 0 aliphatic heterocycles. The zero-order valence-corrected chi connectivity index (χ0v) is 16.0. The van der Waals surface area contributed by atoms with Crippen LogP contribution in [0, 0.1) is 0 Å². The van der Waals surface area contributed by atoms with Crippen molar-refractivity contribution in [3.05, 3.63) is 46.4 Å². The van der Waals surface area contributed by atoms with E-state index in [0.717, 1.165) is 5.56 Å². The summed E-state index contributed by atoms with van der Waals surface area (Å²) in [6.07, 6.45) is -4.81. The number of guanidine groups is 1. The quantitative estimate of drug-likeness (QED) is 0.510. The second kappa shape index (κ2) is 8.85. The maximum Gasteiger partial charge on any atom is 0.573 e. The fourth-order valence-electron chi connectivity index (χ4n) is 2.20. The van der Waals surface area contributed by atoms with Crippen LogP contribution in [0.2, 0.25) is 0 Å². The molecule has 0 radical (unpaired) electrons. The number of methoxy groups -OCH3 is 2. The first-order valence-corrected chi connectivity index (χ1v) is 8.35. The minimum Gasteiger partial charge on any atom is -0.493 e. The van der Waals surface area contributed by atoms with E-state index in [-0.39, 0.29) is 18.2 Å². The highest BCUT2D eigenvalue weighted by atomic mass is 79.9. The van der Waals surface area contributed by atoms with Gasteiger partial charge >= 0.3 is 6.36 Å². The van der Waals surface area contributed by atoms with Crippen LogP contribution in [0.25, 0.3) is 0 Å². The van der Waals surface area contributed by atoms with Crippen molar-refractivity contribution < 1.29 is 27.4 Å². The third-order valence-electron chi connectivity index (χ3n) is 3.30. The lowest BCUT2D eigenvalue weighted by Crippen LogP contribution is -2.24. The first kappa shape index (κ1) is 20.7. The van der Waals surface area contributed by atoms with Crippen LogP contribution in [0.4, 0.5) is 18.9 Å². The molecule has 0 amide bonds. The minimum absolute atomic E-state index is 0.0459. The van der Waals surface area contributed by atoms with E-state index in [4.69, 9.17) is 15.2 Å². The molecule has 0 aromatic heterocycles. The number of rotatable bonds is 6. The first-order valence-electron chi connectivity index (χ1n) is 7.55. The predicted octanol–water partition coefficient (Wildman–Crippen LogP) is 4.29. The Labute approximate surface area is 162 Å². The van der Waals surface area contributed by atoms with E-state index < -0.39 is 12.1 Å². The molecule has 10 heteroatoms. The SMILES string of the molecule is COc1cc(CN=C(N)Nc2ccccc2OC(F)(F)F)cc(Br)c1OC. The maximum absolute atomic E-state index is 12.5. The van der Waals surface area contributed by atoms with E-state index in [1.165, 1.54) is 32.4 Å². The number of benzene rings is 2. The van der Waals surface area contributed by atoms with Crippen LogP contribution in [-0.4, -0.2) is 26.5 Å². The van der Waals surface area contributed by atoms with Gasteiger partial charge in [0.05, 0.1) is 30.9 Å². The highest BCUT2D eigenvalue weighted by Gasteiger charge is 2.32. The van der Waals surface area contributed by atoms with E-state index >= 15 is 0 Å². The molecule has 0 aliphatic rings. The zero-order valence-electron chi connectivity index (χ0n) is 14.4. The van der Waals surface area contributed by atoms with Gasteiger partial charge in [-0.25, -0.2) is 4.99 Å². The van der Waals surface area contributed by atoms with E-state index in [9.17, 15) is 13.2 Å². The van der Waals surface area contributed by atoms with Gasteiger partial charge in [-0.2, -0.15) is 0 Å². The number of ether oxygens (including phenoxy) is 3. The number of halogens is 4. The van der Waals surface area contributed by atoms with Crippen LogP contribution < -0.4 is 25.3 Å². The summed E-state index contributed by atoms with van der Waals surface area (Å²) in [5.41, 5.74) is 6.59. The highest BCUT2D eigenvalue weighted by molar-refractivity contribution is 9.10. The summed E-state index contributed by atoms with van der Waals surface area (Å²) in [4.78, 5) is 4.13. The summed E-state index contributed by atoms with van der Waals surface area (Å²) in [7, 11) is 3.02. The van der Waals surface area contributed by atoms with Crippen molar-refractivity contribution in [2.24, 2.45) is 10.7 Å². The van der Waals surface area contributed by atoms with Gasteiger partial charge in [0.25, 0.3) is 0 Å². The first-order chi connectivity index (χ1) is 12.7. The van der Waals surface area contributed by atoms with Crippen LogP contribution in [-0.2, 0) is 6.54 Å². The average molecular weight is 448 g/mol. The van der Waals surface area contributed by atoms with Crippen LogP contribution in [0.5, 0.6) is 17.2 Å². The van der Waals surface area contributed by atoms with Gasteiger partial charge in [0, 0.05) is 0 Å². The highest BCUT2D eigenvalue weighted by Crippen LogP contribution is 2.36. The summed E-state index contributed by atoms with van der Waals surface area (Å²) >= 11 is 3.37. The number of hydrogen-bond donors (Lipinski definition) is 2. The number of nitrogens with zero attached hydrogens (tertiary/aromatic N) is 1. The summed E-state index contributed by atoms with van der Waals surface area (Å²) in [5.74, 6) is 0.568. The Bertz CT molecular complexity index is 829. The molecule has 2 aromatic rings. The van der Waals surface area contributed by atoms with Gasteiger partial charge < -0.3 is 25.3 Å². The van der Waals surface area contributed by atoms with E-state index in [1.807, 2.05) is 0 Å². The van der Waals surface area contributed by atoms with Crippen LogP contribution >= 0.6 is 15.9 Å². The Morgan fingerprint density at radius 3 is 2.48 bits per heavy atom. The molecule has 2 rings (SSSR count). The molecular weight excluding hydrogens is 431 g/mol. The third-order valence-corrected chi connectivity index (χ3v) is 3.89. The lowest BCUT2D eigenvalue weighted by atomic mass is 10.2. The smallest absolute Gasteiger partial charge is 0.493 e. The van der Waals surface area contributed by atoms with Gasteiger partial charge in [-0.05, 0) is 45.8 Å². The second-order valence-electron chi connectivity index (χ2n) is 5.18. The molecule has 0 atom stereocenters. The van der Waals surface area contributed by atoms with Gasteiger partial charge in [-0.15, -0.1) is 13.2 Å². The largest absolute Gasteiger partial charge is 0.573 e. The Morgan fingerprint density at radius 2 is 1.85 bits per heavy atom. The molecule has 3 N–H and O–H groups in total. The molecule has 27 heavy (non-hydrogen) atoms. The molecule has 0 bridgehead atoms. The molecular formula is C17H17BrF3N3O3. The molecule has 0 fully saturated rings. The summed E-state index contributed by atoms with van der Waals surface area (Å²) in [6.45, 7) is 0.167. The van der Waals surface area contributed by atoms with Gasteiger partial charge in [0.2, 0.25) is 0 Å². The molecule has 6 nitrogen and oxygen atoms in total. The number of hydrogen-bond acceptors (Lipinski definition) is 4. The van der Waals surface area contributed by atoms with Crippen molar-refractivity contribution in [3.63, 3.8) is 0 Å². The second-order valence-corrected chi connectivity index (χ2v) is 6.04. The fourth-order valence-corrected chi connectivity index (χ4v) is 2.85. The molecule has 146 valence electrons. The lowest BCUT2D eigenvalue weighted by Gasteiger charge is -2.14. The van der Waals surface area contributed by atoms with E-state index in [2.05, 4.69) is 31.0 Å². The van der Waals surface area contributed by atoms with E-state index in [0.29, 0.717) is 16.0 Å². The zero-order chi connectivity index (χ0) is 20.0. The predicted molar refractivity (Wildman–Crippen MR) is 99.3 cm³/mol. The number of para-hydroxylation sites is 2. The molecule has 0 spiro atoms. The Morgan fingerprint density at radius 1 is 1.15 bits per heavy atom. The number of nitrogens with one attached hydrogen (secondary N) is 1.